The van der Waals surface area contributed by atoms with Gasteiger partial charge in [0.05, 0.1) is 16.5 Å². The molecule has 0 aromatic heterocycles. The van der Waals surface area contributed by atoms with Crippen molar-refractivity contribution in [1.82, 2.24) is 4.90 Å². The van der Waals surface area contributed by atoms with Crippen LogP contribution in [0.3, 0.4) is 0 Å². The summed E-state index contributed by atoms with van der Waals surface area (Å²) in [5.41, 5.74) is 1.20. The monoisotopic (exact) mass is 488 g/mol. The van der Waals surface area contributed by atoms with Crippen molar-refractivity contribution in [3.8, 4) is 5.75 Å². The molecule has 1 aliphatic rings. The molecule has 0 radical (unpaired) electrons. The highest BCUT2D eigenvalue weighted by atomic mass is 35.5. The lowest BCUT2D eigenvalue weighted by atomic mass is 10.2. The number of amides is 3. The Kier molecular flexibility index (Phi) is 8.13. The van der Waals surface area contributed by atoms with Gasteiger partial charge in [-0.3, -0.25) is 19.3 Å². The first-order valence-corrected chi connectivity index (χ1v) is 11.2. The van der Waals surface area contributed by atoms with E-state index < -0.39 is 23.2 Å². The number of imide groups is 1. The van der Waals surface area contributed by atoms with Gasteiger partial charge in [-0.2, -0.15) is 0 Å². The summed E-state index contributed by atoms with van der Waals surface area (Å²) in [5.74, 6) is -1.28. The van der Waals surface area contributed by atoms with Crippen LogP contribution in [-0.4, -0.2) is 47.2 Å². The molecule has 10 heteroatoms. The smallest absolute Gasteiger partial charge is 0.329 e. The number of halogens is 1. The SMILES string of the molecule is CCOC(=O)[C@H](C)N1C(=O)S/C(=C\c2ccc(OCC(=O)Nc3ccccc3)c(Cl)c2)C1=O. The van der Waals surface area contributed by atoms with Crippen molar-refractivity contribution in [1.29, 1.82) is 0 Å². The van der Waals surface area contributed by atoms with E-state index >= 15 is 0 Å². The molecule has 0 spiro atoms. The second-order valence-electron chi connectivity index (χ2n) is 6.87. The Labute approximate surface area is 199 Å². The van der Waals surface area contributed by atoms with Crippen LogP contribution in [0, 0.1) is 0 Å². The molecule has 1 N–H and O–H groups in total. The normalized spacial score (nSPS) is 15.5. The van der Waals surface area contributed by atoms with E-state index in [1.54, 1.807) is 49.4 Å². The highest BCUT2D eigenvalue weighted by Crippen LogP contribution is 2.35. The van der Waals surface area contributed by atoms with Gasteiger partial charge in [-0.1, -0.05) is 35.9 Å². The third kappa shape index (κ3) is 6.15. The summed E-state index contributed by atoms with van der Waals surface area (Å²) in [6.07, 6.45) is 1.50. The molecule has 2 aromatic rings. The number of esters is 1. The molecule has 1 heterocycles. The van der Waals surface area contributed by atoms with E-state index in [0.29, 0.717) is 17.0 Å². The van der Waals surface area contributed by atoms with Crippen LogP contribution in [0.15, 0.2) is 53.4 Å². The lowest BCUT2D eigenvalue weighted by Crippen LogP contribution is -2.42. The zero-order valence-corrected chi connectivity index (χ0v) is 19.4. The Morgan fingerprint density at radius 3 is 2.58 bits per heavy atom. The molecule has 3 amide bonds. The molecule has 0 saturated carbocycles. The predicted molar refractivity (Wildman–Crippen MR) is 126 cm³/mol. The van der Waals surface area contributed by atoms with E-state index in [0.717, 1.165) is 16.7 Å². The van der Waals surface area contributed by atoms with Gasteiger partial charge in [-0.25, -0.2) is 4.79 Å². The van der Waals surface area contributed by atoms with Crippen molar-refractivity contribution < 1.29 is 28.7 Å². The highest BCUT2D eigenvalue weighted by Gasteiger charge is 2.41. The summed E-state index contributed by atoms with van der Waals surface area (Å²) < 4.78 is 10.4. The predicted octanol–water partition coefficient (Wildman–Crippen LogP) is 4.35. The molecule has 33 heavy (non-hydrogen) atoms. The van der Waals surface area contributed by atoms with E-state index in [1.807, 2.05) is 6.07 Å². The molecule has 1 fully saturated rings. The van der Waals surface area contributed by atoms with Gasteiger partial charge < -0.3 is 14.8 Å². The van der Waals surface area contributed by atoms with Gasteiger partial charge in [0.25, 0.3) is 17.1 Å². The topological polar surface area (TPSA) is 102 Å². The Morgan fingerprint density at radius 1 is 1.18 bits per heavy atom. The molecule has 1 aliphatic heterocycles. The summed E-state index contributed by atoms with van der Waals surface area (Å²) in [7, 11) is 0. The van der Waals surface area contributed by atoms with Crippen LogP contribution in [0.4, 0.5) is 10.5 Å². The van der Waals surface area contributed by atoms with E-state index in [-0.39, 0.29) is 29.0 Å². The number of nitrogens with one attached hydrogen (secondary N) is 1. The van der Waals surface area contributed by atoms with Crippen molar-refractivity contribution in [3.05, 3.63) is 64.0 Å². The van der Waals surface area contributed by atoms with Crippen LogP contribution in [0.1, 0.15) is 19.4 Å². The molecule has 2 aromatic carbocycles. The third-order valence-electron chi connectivity index (χ3n) is 4.51. The molecular weight excluding hydrogens is 468 g/mol. The summed E-state index contributed by atoms with van der Waals surface area (Å²) in [4.78, 5) is 49.9. The minimum Gasteiger partial charge on any atom is -0.482 e. The number of hydrogen-bond acceptors (Lipinski definition) is 7. The number of rotatable bonds is 8. The number of ether oxygens (including phenoxy) is 2. The standard InChI is InChI=1S/C23H21ClN2O6S/c1-3-31-22(29)14(2)26-21(28)19(33-23(26)30)12-15-9-10-18(17(24)11-15)32-13-20(27)25-16-7-5-4-6-8-16/h4-12,14H,3,13H2,1-2H3,(H,25,27)/b19-12-/t14-/m0/s1. The van der Waals surface area contributed by atoms with E-state index in [1.165, 1.54) is 13.0 Å². The minimum atomic E-state index is -1.02. The van der Waals surface area contributed by atoms with Crippen LogP contribution < -0.4 is 10.1 Å². The number of anilines is 1. The van der Waals surface area contributed by atoms with Crippen LogP contribution in [-0.2, 0) is 19.1 Å². The average Bonchev–Trinajstić information content (AvgIpc) is 3.06. The number of hydrogen-bond donors (Lipinski definition) is 1. The van der Waals surface area contributed by atoms with Gasteiger partial charge in [-0.05, 0) is 61.5 Å². The fourth-order valence-corrected chi connectivity index (χ4v) is 4.07. The first kappa shape index (κ1) is 24.3. The van der Waals surface area contributed by atoms with Crippen LogP contribution in [0.25, 0.3) is 6.08 Å². The molecule has 1 saturated heterocycles. The fourth-order valence-electron chi connectivity index (χ4n) is 2.92. The Morgan fingerprint density at radius 2 is 1.91 bits per heavy atom. The van der Waals surface area contributed by atoms with Gasteiger partial charge >= 0.3 is 5.97 Å². The first-order valence-electron chi connectivity index (χ1n) is 10.0. The second kappa shape index (κ2) is 11.0. The molecule has 0 aliphatic carbocycles. The maximum atomic E-state index is 12.7. The molecule has 0 unspecified atom stereocenters. The average molecular weight is 489 g/mol. The van der Waals surface area contributed by atoms with E-state index in [4.69, 9.17) is 21.1 Å². The Balaban J connectivity index is 1.64. The number of para-hydroxylation sites is 1. The number of thioether (sulfide) groups is 1. The number of carbonyl (C=O) groups is 4. The van der Waals surface area contributed by atoms with Crippen molar-refractivity contribution in [2.75, 3.05) is 18.5 Å². The molecular formula is C23H21ClN2O6S. The molecule has 1 atom stereocenters. The number of benzene rings is 2. The van der Waals surface area contributed by atoms with Gasteiger partial charge in [0, 0.05) is 5.69 Å². The molecule has 3 rings (SSSR count). The van der Waals surface area contributed by atoms with Crippen molar-refractivity contribution >= 4 is 58.1 Å². The zero-order valence-electron chi connectivity index (χ0n) is 17.9. The lowest BCUT2D eigenvalue weighted by Gasteiger charge is -2.19. The Bertz CT molecular complexity index is 1110. The van der Waals surface area contributed by atoms with Gasteiger partial charge in [-0.15, -0.1) is 0 Å². The summed E-state index contributed by atoms with van der Waals surface area (Å²) in [6, 6.07) is 12.7. The largest absolute Gasteiger partial charge is 0.482 e. The summed E-state index contributed by atoms with van der Waals surface area (Å²) in [6.45, 7) is 2.99. The molecule has 8 nitrogen and oxygen atoms in total. The fraction of sp³-hybridized carbons (Fsp3) is 0.217. The van der Waals surface area contributed by atoms with Gasteiger partial charge in [0.2, 0.25) is 0 Å². The highest BCUT2D eigenvalue weighted by molar-refractivity contribution is 8.18. The zero-order chi connectivity index (χ0) is 24.0. The number of nitrogens with zero attached hydrogens (tertiary/aromatic N) is 1. The van der Waals surface area contributed by atoms with Gasteiger partial charge in [0.15, 0.2) is 6.61 Å². The molecule has 172 valence electrons. The second-order valence-corrected chi connectivity index (χ2v) is 8.27. The van der Waals surface area contributed by atoms with Crippen LogP contribution >= 0.6 is 23.4 Å². The quantitative estimate of drug-likeness (QED) is 0.435. The van der Waals surface area contributed by atoms with Crippen LogP contribution in [0.5, 0.6) is 5.75 Å². The summed E-state index contributed by atoms with van der Waals surface area (Å²) in [5, 5.41) is 2.38. The minimum absolute atomic E-state index is 0.149. The summed E-state index contributed by atoms with van der Waals surface area (Å²) >= 11 is 6.99. The van der Waals surface area contributed by atoms with E-state index in [2.05, 4.69) is 5.32 Å². The van der Waals surface area contributed by atoms with Crippen molar-refractivity contribution in [2.45, 2.75) is 19.9 Å². The lowest BCUT2D eigenvalue weighted by molar-refractivity contribution is -0.150. The van der Waals surface area contributed by atoms with Crippen LogP contribution in [0.2, 0.25) is 5.02 Å². The maximum absolute atomic E-state index is 12.7. The van der Waals surface area contributed by atoms with E-state index in [9.17, 15) is 19.2 Å². The van der Waals surface area contributed by atoms with Gasteiger partial charge in [0.1, 0.15) is 11.8 Å². The molecule has 0 bridgehead atoms. The number of carbonyl (C=O) groups excluding carboxylic acids is 4. The maximum Gasteiger partial charge on any atom is 0.329 e. The van der Waals surface area contributed by atoms with Crippen molar-refractivity contribution in [2.24, 2.45) is 0 Å². The third-order valence-corrected chi connectivity index (χ3v) is 5.69. The first-order chi connectivity index (χ1) is 15.8. The van der Waals surface area contributed by atoms with Crippen molar-refractivity contribution in [3.63, 3.8) is 0 Å². The Hall–Kier alpha value is -3.30.